The molecule has 1 amide bonds. The predicted octanol–water partition coefficient (Wildman–Crippen LogP) is 4.07. The third kappa shape index (κ3) is 5.96. The number of hydrogen-bond acceptors (Lipinski definition) is 6. The van der Waals surface area contributed by atoms with Crippen LogP contribution in [0, 0.1) is 5.92 Å². The first-order valence-corrected chi connectivity index (χ1v) is 13.1. The zero-order chi connectivity index (χ0) is 23.8. The van der Waals surface area contributed by atoms with Crippen LogP contribution in [-0.4, -0.2) is 55.4 Å². The van der Waals surface area contributed by atoms with Gasteiger partial charge in [0.2, 0.25) is 10.0 Å². The van der Waals surface area contributed by atoms with E-state index in [1.165, 1.54) is 0 Å². The number of sulfonamides is 1. The zero-order valence-electron chi connectivity index (χ0n) is 19.5. The number of benzene rings is 1. The van der Waals surface area contributed by atoms with Crippen molar-refractivity contribution in [1.82, 2.24) is 9.88 Å². The van der Waals surface area contributed by atoms with Crippen molar-refractivity contribution in [2.75, 3.05) is 24.1 Å². The highest BCUT2D eigenvalue weighted by atomic mass is 32.2. The van der Waals surface area contributed by atoms with Gasteiger partial charge in [0.05, 0.1) is 18.1 Å². The Morgan fingerprint density at radius 3 is 2.45 bits per heavy atom. The molecule has 1 aromatic heterocycles. The van der Waals surface area contributed by atoms with Crippen LogP contribution >= 0.6 is 0 Å². The number of rotatable bonds is 4. The van der Waals surface area contributed by atoms with Crippen LogP contribution in [0.15, 0.2) is 36.5 Å². The summed E-state index contributed by atoms with van der Waals surface area (Å²) >= 11 is 0. The van der Waals surface area contributed by atoms with Crippen molar-refractivity contribution >= 4 is 21.8 Å². The Balaban J connectivity index is 1.36. The van der Waals surface area contributed by atoms with E-state index in [1.807, 2.05) is 39.0 Å². The van der Waals surface area contributed by atoms with Crippen LogP contribution < -0.4 is 9.46 Å². The molecular weight excluding hydrogens is 442 g/mol. The second kappa shape index (κ2) is 8.85. The molecule has 178 valence electrons. The normalized spacial score (nSPS) is 19.0. The van der Waals surface area contributed by atoms with E-state index in [9.17, 15) is 13.2 Å². The maximum Gasteiger partial charge on any atom is 0.410 e. The number of hydrogen-bond donors (Lipinski definition) is 1. The summed E-state index contributed by atoms with van der Waals surface area (Å²) in [6.45, 7) is 6.99. The number of fused-ring (bicyclic) bond motifs is 1. The van der Waals surface area contributed by atoms with Gasteiger partial charge in [-0.1, -0.05) is 12.1 Å². The smallest absolute Gasteiger partial charge is 0.410 e. The van der Waals surface area contributed by atoms with E-state index in [-0.39, 0.29) is 12.2 Å². The number of ether oxygens (including phenoxy) is 2. The van der Waals surface area contributed by atoms with Crippen LogP contribution in [0.4, 0.5) is 10.5 Å². The highest BCUT2D eigenvalue weighted by Gasteiger charge is 2.35. The number of pyridine rings is 1. The molecule has 4 rings (SSSR count). The van der Waals surface area contributed by atoms with E-state index in [0.29, 0.717) is 24.7 Å². The molecule has 1 aromatic carbocycles. The zero-order valence-corrected chi connectivity index (χ0v) is 20.3. The quantitative estimate of drug-likeness (QED) is 0.719. The van der Waals surface area contributed by atoms with Crippen molar-refractivity contribution in [3.8, 4) is 17.0 Å². The van der Waals surface area contributed by atoms with Gasteiger partial charge in [0.25, 0.3) is 0 Å². The number of piperidine rings is 1. The lowest BCUT2D eigenvalue weighted by atomic mass is 9.89. The van der Waals surface area contributed by atoms with E-state index in [1.54, 1.807) is 23.2 Å². The summed E-state index contributed by atoms with van der Waals surface area (Å²) in [6.07, 6.45) is 5.31. The predicted molar refractivity (Wildman–Crippen MR) is 127 cm³/mol. The molecule has 2 aromatic rings. The van der Waals surface area contributed by atoms with Crippen LogP contribution in [0.25, 0.3) is 11.3 Å². The molecule has 9 heteroatoms. The van der Waals surface area contributed by atoms with E-state index in [0.717, 1.165) is 48.1 Å². The summed E-state index contributed by atoms with van der Waals surface area (Å²) in [5.41, 5.74) is 2.88. The van der Waals surface area contributed by atoms with Gasteiger partial charge in [0.15, 0.2) is 0 Å². The fraction of sp³-hybridized carbons (Fsp3) is 0.500. The highest BCUT2D eigenvalue weighted by molar-refractivity contribution is 7.92. The van der Waals surface area contributed by atoms with Crippen LogP contribution in [0.1, 0.15) is 39.2 Å². The Bertz CT molecular complexity index is 1120. The Morgan fingerprint density at radius 2 is 1.85 bits per heavy atom. The molecule has 0 radical (unpaired) electrons. The van der Waals surface area contributed by atoms with Gasteiger partial charge >= 0.3 is 6.09 Å². The van der Waals surface area contributed by atoms with Crippen molar-refractivity contribution in [2.45, 2.75) is 51.7 Å². The largest absolute Gasteiger partial charge is 0.488 e. The monoisotopic (exact) mass is 473 g/mol. The molecule has 1 fully saturated rings. The summed E-state index contributed by atoms with van der Waals surface area (Å²) < 4.78 is 36.9. The number of likely N-dealkylation sites (tertiary alicyclic amines) is 1. The summed E-state index contributed by atoms with van der Waals surface area (Å²) in [6, 6.07) is 9.19. The molecule has 2 aliphatic heterocycles. The van der Waals surface area contributed by atoms with E-state index in [2.05, 4.69) is 9.71 Å². The standard InChI is InChI=1S/C24H31N3O5S/c1-24(2,3)32-23(28)27-11-9-17(10-12-27)21-14-18-13-20(25-15-22(18)31-21)16-5-7-19(8-6-16)26-33(4,29)30/h5-8,13,15,17,21,26H,9-12,14H2,1-4H3. The Hall–Kier alpha value is -2.81. The average molecular weight is 474 g/mol. The number of nitrogens with zero attached hydrogens (tertiary/aromatic N) is 2. The maximum atomic E-state index is 12.3. The lowest BCUT2D eigenvalue weighted by Crippen LogP contribution is -2.44. The van der Waals surface area contributed by atoms with Crippen molar-refractivity contribution in [1.29, 1.82) is 0 Å². The minimum atomic E-state index is -3.31. The molecule has 8 nitrogen and oxygen atoms in total. The van der Waals surface area contributed by atoms with Gasteiger partial charge in [-0.2, -0.15) is 0 Å². The van der Waals surface area contributed by atoms with Gasteiger partial charge in [-0.25, -0.2) is 13.2 Å². The third-order valence-electron chi connectivity index (χ3n) is 5.85. The number of anilines is 1. The fourth-order valence-electron chi connectivity index (χ4n) is 4.30. The third-order valence-corrected chi connectivity index (χ3v) is 6.46. The molecule has 0 bridgehead atoms. The SMILES string of the molecule is CC(C)(C)OC(=O)N1CCC(C2Cc3cc(-c4ccc(NS(C)(=O)=O)cc4)ncc3O2)CC1. The molecule has 2 aliphatic rings. The highest BCUT2D eigenvalue weighted by Crippen LogP contribution is 2.36. The molecular formula is C24H31N3O5S. The van der Waals surface area contributed by atoms with E-state index >= 15 is 0 Å². The van der Waals surface area contributed by atoms with Crippen molar-refractivity contribution < 1.29 is 22.7 Å². The summed E-state index contributed by atoms with van der Waals surface area (Å²) in [5.74, 6) is 1.19. The molecule has 1 saturated heterocycles. The molecule has 0 spiro atoms. The topological polar surface area (TPSA) is 97.8 Å². The number of carbonyl (C=O) groups is 1. The van der Waals surface area contributed by atoms with Gasteiger partial charge in [-0.05, 0) is 57.7 Å². The fourth-order valence-corrected chi connectivity index (χ4v) is 4.86. The average Bonchev–Trinajstić information content (AvgIpc) is 3.15. The molecule has 0 aliphatic carbocycles. The van der Waals surface area contributed by atoms with Crippen LogP contribution in [0.2, 0.25) is 0 Å². The number of nitrogens with one attached hydrogen (secondary N) is 1. The number of aromatic nitrogens is 1. The van der Waals surface area contributed by atoms with Crippen LogP contribution in [0.3, 0.4) is 0 Å². The van der Waals surface area contributed by atoms with Gasteiger partial charge in [-0.3, -0.25) is 9.71 Å². The van der Waals surface area contributed by atoms with Gasteiger partial charge in [0, 0.05) is 36.3 Å². The van der Waals surface area contributed by atoms with Crippen molar-refractivity contribution in [2.24, 2.45) is 5.92 Å². The molecule has 3 heterocycles. The van der Waals surface area contributed by atoms with Gasteiger partial charge < -0.3 is 14.4 Å². The first kappa shape index (κ1) is 23.4. The molecule has 1 unspecified atom stereocenters. The van der Waals surface area contributed by atoms with Crippen molar-refractivity contribution in [3.05, 3.63) is 42.1 Å². The van der Waals surface area contributed by atoms with E-state index < -0.39 is 15.6 Å². The first-order valence-electron chi connectivity index (χ1n) is 11.2. The summed E-state index contributed by atoms with van der Waals surface area (Å²) in [4.78, 5) is 18.6. The Labute approximate surface area is 195 Å². The Kier molecular flexibility index (Phi) is 6.26. The van der Waals surface area contributed by atoms with Gasteiger partial charge in [0.1, 0.15) is 17.5 Å². The molecule has 1 atom stereocenters. The van der Waals surface area contributed by atoms with Crippen LogP contribution in [0.5, 0.6) is 5.75 Å². The van der Waals surface area contributed by atoms with E-state index in [4.69, 9.17) is 9.47 Å². The molecule has 33 heavy (non-hydrogen) atoms. The lowest BCUT2D eigenvalue weighted by Gasteiger charge is -2.35. The summed E-state index contributed by atoms with van der Waals surface area (Å²) in [5, 5.41) is 0. The molecule has 1 N–H and O–H groups in total. The van der Waals surface area contributed by atoms with Crippen molar-refractivity contribution in [3.63, 3.8) is 0 Å². The second-order valence-electron chi connectivity index (χ2n) is 9.79. The molecule has 0 saturated carbocycles. The minimum Gasteiger partial charge on any atom is -0.488 e. The maximum absolute atomic E-state index is 12.3. The number of amides is 1. The second-order valence-corrected chi connectivity index (χ2v) is 11.5. The summed E-state index contributed by atoms with van der Waals surface area (Å²) in [7, 11) is -3.31. The van der Waals surface area contributed by atoms with Gasteiger partial charge in [-0.15, -0.1) is 0 Å². The Morgan fingerprint density at radius 1 is 1.18 bits per heavy atom. The first-order chi connectivity index (χ1) is 15.5. The van der Waals surface area contributed by atoms with Crippen LogP contribution in [-0.2, 0) is 21.2 Å². The minimum absolute atomic E-state index is 0.0826. The number of carbonyl (C=O) groups excluding carboxylic acids is 1. The lowest BCUT2D eigenvalue weighted by molar-refractivity contribution is 0.0123.